The Balaban J connectivity index is 0.00000161. The van der Waals surface area contributed by atoms with Gasteiger partial charge >= 0.3 is 0 Å². The van der Waals surface area contributed by atoms with Gasteiger partial charge in [-0.25, -0.2) is 0 Å². The molecule has 1 amide bonds. The van der Waals surface area contributed by atoms with E-state index in [1.54, 1.807) is 0 Å². The largest absolute Gasteiger partial charge is 0.490 e. The predicted octanol–water partition coefficient (Wildman–Crippen LogP) is 2.18. The first-order valence-electron chi connectivity index (χ1n) is 7.47. The Morgan fingerprint density at radius 2 is 1.90 bits per heavy atom. The van der Waals surface area contributed by atoms with Crippen molar-refractivity contribution < 1.29 is 9.53 Å². The van der Waals surface area contributed by atoms with Crippen molar-refractivity contribution in [3.8, 4) is 5.75 Å². The van der Waals surface area contributed by atoms with Gasteiger partial charge in [0.2, 0.25) is 5.91 Å². The predicted molar refractivity (Wildman–Crippen MR) is 86.7 cm³/mol. The number of halogens is 1. The van der Waals surface area contributed by atoms with Crippen LogP contribution in [0.3, 0.4) is 0 Å². The van der Waals surface area contributed by atoms with E-state index in [-0.39, 0.29) is 24.2 Å². The molecule has 0 aliphatic carbocycles. The van der Waals surface area contributed by atoms with Crippen molar-refractivity contribution in [3.63, 3.8) is 0 Å². The average molecular weight is 311 g/mol. The van der Waals surface area contributed by atoms with E-state index in [1.165, 1.54) is 11.1 Å². The molecule has 0 saturated heterocycles. The maximum atomic E-state index is 12.4. The number of nitrogens with zero attached hydrogens (tertiary/aromatic N) is 1. The monoisotopic (exact) mass is 310 g/mol. The van der Waals surface area contributed by atoms with Gasteiger partial charge in [-0.15, -0.1) is 12.4 Å². The molecular weight excluding hydrogens is 288 g/mol. The summed E-state index contributed by atoms with van der Waals surface area (Å²) < 4.78 is 5.78. The summed E-state index contributed by atoms with van der Waals surface area (Å²) in [5.74, 6) is 1.06. The molecule has 2 aliphatic rings. The van der Waals surface area contributed by atoms with Crippen molar-refractivity contribution in [1.29, 1.82) is 0 Å². The number of nitrogens with one attached hydrogen (secondary N) is 1. The van der Waals surface area contributed by atoms with Gasteiger partial charge in [-0.05, 0) is 49.2 Å². The Morgan fingerprint density at radius 3 is 2.57 bits per heavy atom. The summed E-state index contributed by atoms with van der Waals surface area (Å²) >= 11 is 0. The van der Waals surface area contributed by atoms with E-state index >= 15 is 0 Å². The van der Waals surface area contributed by atoms with Gasteiger partial charge in [0.15, 0.2) is 0 Å². The molecule has 0 atom stereocenters. The summed E-state index contributed by atoms with van der Waals surface area (Å²) in [7, 11) is 0. The highest BCUT2D eigenvalue weighted by Crippen LogP contribution is 2.36. The van der Waals surface area contributed by atoms with E-state index in [9.17, 15) is 4.79 Å². The fourth-order valence-electron chi connectivity index (χ4n) is 2.92. The third-order valence-electron chi connectivity index (χ3n) is 4.05. The Morgan fingerprint density at radius 1 is 1.24 bits per heavy atom. The highest BCUT2D eigenvalue weighted by molar-refractivity contribution is 5.96. The molecule has 4 nitrogen and oxygen atoms in total. The zero-order valence-corrected chi connectivity index (χ0v) is 13.5. The van der Waals surface area contributed by atoms with Gasteiger partial charge < -0.3 is 15.0 Å². The van der Waals surface area contributed by atoms with E-state index < -0.39 is 0 Å². The third kappa shape index (κ3) is 3.16. The Labute approximate surface area is 132 Å². The van der Waals surface area contributed by atoms with Crippen LogP contribution in [0.4, 0.5) is 5.69 Å². The number of carbonyl (C=O) groups excluding carboxylic acids is 1. The second-order valence-corrected chi connectivity index (χ2v) is 5.83. The SMILES string of the molecule is CC(C)C(=O)N1CCOc2cc3c(cc21)CCNCC3.Cl. The second-order valence-electron chi connectivity index (χ2n) is 5.83. The van der Waals surface area contributed by atoms with E-state index in [0.29, 0.717) is 13.2 Å². The first-order chi connectivity index (χ1) is 9.66. The van der Waals surface area contributed by atoms with Gasteiger partial charge in [-0.3, -0.25) is 4.79 Å². The minimum Gasteiger partial charge on any atom is -0.490 e. The van der Waals surface area contributed by atoms with Crippen molar-refractivity contribution in [2.75, 3.05) is 31.1 Å². The van der Waals surface area contributed by atoms with Crippen LogP contribution in [0.1, 0.15) is 25.0 Å². The minimum absolute atomic E-state index is 0. The number of hydrogen-bond acceptors (Lipinski definition) is 3. The van der Waals surface area contributed by atoms with Crippen LogP contribution >= 0.6 is 12.4 Å². The molecule has 0 radical (unpaired) electrons. The van der Waals surface area contributed by atoms with Gasteiger partial charge in [0, 0.05) is 5.92 Å². The normalized spacial score (nSPS) is 17.2. The lowest BCUT2D eigenvalue weighted by atomic mass is 10.00. The number of anilines is 1. The Hall–Kier alpha value is -1.26. The smallest absolute Gasteiger partial charge is 0.229 e. The molecule has 0 unspecified atom stereocenters. The van der Waals surface area contributed by atoms with E-state index in [0.717, 1.165) is 37.4 Å². The molecule has 0 fully saturated rings. The summed E-state index contributed by atoms with van der Waals surface area (Å²) in [4.78, 5) is 14.2. The second kappa shape index (κ2) is 6.67. The number of hydrogen-bond donors (Lipinski definition) is 1. The first-order valence-corrected chi connectivity index (χ1v) is 7.47. The molecule has 0 spiro atoms. The summed E-state index contributed by atoms with van der Waals surface area (Å²) in [6.45, 7) is 7.16. The van der Waals surface area contributed by atoms with E-state index in [4.69, 9.17) is 4.74 Å². The van der Waals surface area contributed by atoms with Crippen LogP contribution in [0, 0.1) is 5.92 Å². The molecule has 0 saturated carbocycles. The van der Waals surface area contributed by atoms with Gasteiger partial charge in [-0.2, -0.15) is 0 Å². The zero-order valence-electron chi connectivity index (χ0n) is 12.6. The number of carbonyl (C=O) groups is 1. The van der Waals surface area contributed by atoms with Crippen molar-refractivity contribution in [3.05, 3.63) is 23.3 Å². The Kier molecular flexibility index (Phi) is 5.12. The topological polar surface area (TPSA) is 41.6 Å². The van der Waals surface area contributed by atoms with Gasteiger partial charge in [0.25, 0.3) is 0 Å². The molecular formula is C16H23ClN2O2. The molecule has 21 heavy (non-hydrogen) atoms. The quantitative estimate of drug-likeness (QED) is 0.864. The van der Waals surface area contributed by atoms with Crippen molar-refractivity contribution in [2.24, 2.45) is 5.92 Å². The number of ether oxygens (including phenoxy) is 1. The lowest BCUT2D eigenvalue weighted by molar-refractivity contribution is -0.121. The van der Waals surface area contributed by atoms with Crippen molar-refractivity contribution >= 4 is 24.0 Å². The van der Waals surface area contributed by atoms with E-state index in [1.807, 2.05) is 18.7 Å². The molecule has 1 aromatic rings. The Bertz CT molecular complexity index is 531. The summed E-state index contributed by atoms with van der Waals surface area (Å²) in [5.41, 5.74) is 3.66. The van der Waals surface area contributed by atoms with Crippen LogP contribution in [0.25, 0.3) is 0 Å². The van der Waals surface area contributed by atoms with Gasteiger partial charge in [0.1, 0.15) is 12.4 Å². The first kappa shape index (κ1) is 16.1. The van der Waals surface area contributed by atoms with Crippen molar-refractivity contribution in [2.45, 2.75) is 26.7 Å². The lowest BCUT2D eigenvalue weighted by Crippen LogP contribution is -2.40. The fourth-order valence-corrected chi connectivity index (χ4v) is 2.92. The molecule has 1 N–H and O–H groups in total. The fraction of sp³-hybridized carbons (Fsp3) is 0.562. The van der Waals surface area contributed by atoms with Crippen LogP contribution in [0.15, 0.2) is 12.1 Å². The summed E-state index contributed by atoms with van der Waals surface area (Å²) in [5, 5.41) is 3.42. The number of benzene rings is 1. The molecule has 0 aromatic heterocycles. The average Bonchev–Trinajstić information content (AvgIpc) is 2.68. The van der Waals surface area contributed by atoms with Crippen LogP contribution in [-0.4, -0.2) is 32.1 Å². The zero-order chi connectivity index (χ0) is 14.1. The van der Waals surface area contributed by atoms with Crippen LogP contribution in [-0.2, 0) is 17.6 Å². The van der Waals surface area contributed by atoms with Gasteiger partial charge in [0.05, 0.1) is 12.2 Å². The molecule has 116 valence electrons. The van der Waals surface area contributed by atoms with Crippen molar-refractivity contribution in [1.82, 2.24) is 5.32 Å². The van der Waals surface area contributed by atoms with E-state index in [2.05, 4.69) is 17.4 Å². The van der Waals surface area contributed by atoms with Crippen LogP contribution in [0.2, 0.25) is 0 Å². The molecule has 1 aromatic carbocycles. The van der Waals surface area contributed by atoms with Crippen LogP contribution < -0.4 is 15.0 Å². The van der Waals surface area contributed by atoms with Gasteiger partial charge in [-0.1, -0.05) is 13.8 Å². The molecule has 0 bridgehead atoms. The highest BCUT2D eigenvalue weighted by Gasteiger charge is 2.27. The maximum absolute atomic E-state index is 12.4. The standard InChI is InChI=1S/C16H22N2O2.ClH/c1-11(2)16(19)18-7-8-20-15-10-13-4-6-17-5-3-12(13)9-14(15)18;/h9-11,17H,3-8H2,1-2H3;1H. The summed E-state index contributed by atoms with van der Waals surface area (Å²) in [6.07, 6.45) is 2.05. The lowest BCUT2D eigenvalue weighted by Gasteiger charge is -2.31. The molecule has 5 heteroatoms. The number of amides is 1. The minimum atomic E-state index is 0. The molecule has 3 rings (SSSR count). The number of fused-ring (bicyclic) bond motifs is 2. The number of rotatable bonds is 1. The maximum Gasteiger partial charge on any atom is 0.229 e. The molecule has 2 heterocycles. The third-order valence-corrected chi connectivity index (χ3v) is 4.05. The molecule has 2 aliphatic heterocycles. The van der Waals surface area contributed by atoms with Crippen LogP contribution in [0.5, 0.6) is 5.75 Å². The summed E-state index contributed by atoms with van der Waals surface area (Å²) in [6, 6.07) is 4.30. The highest BCUT2D eigenvalue weighted by atomic mass is 35.5.